The molecule has 0 bridgehead atoms. The molecule has 0 saturated carbocycles. The van der Waals surface area contributed by atoms with Crippen LogP contribution in [0.15, 0.2) is 48.8 Å². The molecule has 5 nitrogen and oxygen atoms in total. The third-order valence-corrected chi connectivity index (χ3v) is 7.31. The van der Waals surface area contributed by atoms with Gasteiger partial charge in [0.25, 0.3) is 5.91 Å². The van der Waals surface area contributed by atoms with Gasteiger partial charge in [-0.15, -0.1) is 0 Å². The molecular formula is C28H38N4O. The van der Waals surface area contributed by atoms with Gasteiger partial charge in [-0.3, -0.25) is 14.7 Å². The first-order valence-corrected chi connectivity index (χ1v) is 12.4. The quantitative estimate of drug-likeness (QED) is 0.509. The number of rotatable bonds is 8. The second kappa shape index (κ2) is 10.1. The largest absolute Gasteiger partial charge is 0.350 e. The number of amides is 1. The number of nitrogens with one attached hydrogen (secondary N) is 1. The Kier molecular flexibility index (Phi) is 7.18. The second-order valence-corrected chi connectivity index (χ2v) is 10.1. The van der Waals surface area contributed by atoms with E-state index >= 15 is 0 Å². The van der Waals surface area contributed by atoms with Gasteiger partial charge in [0, 0.05) is 41.9 Å². The highest BCUT2D eigenvalue weighted by molar-refractivity contribution is 5.97. The molecule has 0 radical (unpaired) electrons. The summed E-state index contributed by atoms with van der Waals surface area (Å²) in [5.74, 6) is 0.641. The molecular weight excluding hydrogens is 408 g/mol. The van der Waals surface area contributed by atoms with Gasteiger partial charge >= 0.3 is 0 Å². The van der Waals surface area contributed by atoms with Crippen molar-refractivity contribution in [1.82, 2.24) is 19.8 Å². The van der Waals surface area contributed by atoms with E-state index in [4.69, 9.17) is 0 Å². The minimum Gasteiger partial charge on any atom is -0.350 e. The van der Waals surface area contributed by atoms with Gasteiger partial charge in [0.2, 0.25) is 0 Å². The molecule has 4 rings (SSSR count). The van der Waals surface area contributed by atoms with Gasteiger partial charge in [0.1, 0.15) is 5.69 Å². The van der Waals surface area contributed by atoms with Crippen molar-refractivity contribution in [2.75, 3.05) is 26.2 Å². The number of fused-ring (bicyclic) bond motifs is 1. The minimum atomic E-state index is 0.0901. The first-order chi connectivity index (χ1) is 15.9. The summed E-state index contributed by atoms with van der Waals surface area (Å²) in [6.07, 6.45) is 7.98. The van der Waals surface area contributed by atoms with Gasteiger partial charge < -0.3 is 9.88 Å². The molecule has 3 heterocycles. The van der Waals surface area contributed by atoms with E-state index in [-0.39, 0.29) is 11.4 Å². The van der Waals surface area contributed by atoms with Crippen LogP contribution in [0.25, 0.3) is 10.9 Å². The predicted molar refractivity (Wildman–Crippen MR) is 136 cm³/mol. The zero-order valence-corrected chi connectivity index (χ0v) is 20.6. The number of piperidine rings is 1. The van der Waals surface area contributed by atoms with Crippen LogP contribution in [0.3, 0.4) is 0 Å². The Morgan fingerprint density at radius 1 is 1.15 bits per heavy atom. The van der Waals surface area contributed by atoms with Crippen LogP contribution < -0.4 is 0 Å². The number of aromatic nitrogens is 2. The van der Waals surface area contributed by atoms with E-state index in [1.165, 1.54) is 11.1 Å². The van der Waals surface area contributed by atoms with Crippen molar-refractivity contribution >= 4 is 16.8 Å². The molecule has 1 N–H and O–H groups in total. The standard InChI is InChI=1S/C28H38N4O/c1-5-21-8-7-9-23(16-21)18-28(3,4)32-14-11-22(12-15-32)20-31(6-2)27(33)26-17-24-19-29-13-10-25(24)30-26/h7-10,13,16-17,19,22,30H,5-6,11-12,14-15,18,20H2,1-4H3. The number of benzene rings is 1. The molecule has 1 fully saturated rings. The van der Waals surface area contributed by atoms with Crippen LogP contribution in [-0.4, -0.2) is 57.4 Å². The van der Waals surface area contributed by atoms with Crippen LogP contribution >= 0.6 is 0 Å². The van der Waals surface area contributed by atoms with Crippen LogP contribution in [0.4, 0.5) is 0 Å². The van der Waals surface area contributed by atoms with Crippen molar-refractivity contribution in [2.24, 2.45) is 5.92 Å². The fourth-order valence-electron chi connectivity index (χ4n) is 5.22. The lowest BCUT2D eigenvalue weighted by Gasteiger charge is -2.44. The number of H-pyrrole nitrogens is 1. The number of hydrogen-bond donors (Lipinski definition) is 1. The average molecular weight is 447 g/mol. The van der Waals surface area contributed by atoms with Gasteiger partial charge in [0.15, 0.2) is 0 Å². The molecule has 0 unspecified atom stereocenters. The zero-order chi connectivity index (χ0) is 23.4. The summed E-state index contributed by atoms with van der Waals surface area (Å²) in [5.41, 5.74) is 4.60. The van der Waals surface area contributed by atoms with Crippen LogP contribution in [0.2, 0.25) is 0 Å². The van der Waals surface area contributed by atoms with E-state index in [1.807, 2.05) is 17.0 Å². The van der Waals surface area contributed by atoms with Crippen LogP contribution in [0, 0.1) is 5.92 Å². The monoisotopic (exact) mass is 446 g/mol. The molecule has 5 heteroatoms. The van der Waals surface area contributed by atoms with Crippen LogP contribution in [-0.2, 0) is 12.8 Å². The van der Waals surface area contributed by atoms with E-state index in [9.17, 15) is 4.79 Å². The van der Waals surface area contributed by atoms with E-state index in [2.05, 4.69) is 66.8 Å². The summed E-state index contributed by atoms with van der Waals surface area (Å²) in [7, 11) is 0. The summed E-state index contributed by atoms with van der Waals surface area (Å²) in [6.45, 7) is 12.8. The smallest absolute Gasteiger partial charge is 0.270 e. The lowest BCUT2D eigenvalue weighted by atomic mass is 9.87. The third kappa shape index (κ3) is 5.47. The number of pyridine rings is 1. The maximum Gasteiger partial charge on any atom is 0.270 e. The van der Waals surface area contributed by atoms with Gasteiger partial charge in [-0.2, -0.15) is 0 Å². The summed E-state index contributed by atoms with van der Waals surface area (Å²) >= 11 is 0. The summed E-state index contributed by atoms with van der Waals surface area (Å²) in [4.78, 5) is 25.2. The molecule has 0 atom stereocenters. The highest BCUT2D eigenvalue weighted by Crippen LogP contribution is 2.28. The fraction of sp³-hybridized carbons (Fsp3) is 0.500. The Bertz CT molecular complexity index is 1050. The molecule has 1 saturated heterocycles. The predicted octanol–water partition coefficient (Wildman–Crippen LogP) is 5.32. The molecule has 33 heavy (non-hydrogen) atoms. The van der Waals surface area contributed by atoms with Crippen molar-refractivity contribution in [3.05, 3.63) is 65.6 Å². The van der Waals surface area contributed by atoms with Gasteiger partial charge in [-0.25, -0.2) is 0 Å². The fourth-order valence-corrected chi connectivity index (χ4v) is 5.22. The van der Waals surface area contributed by atoms with Crippen molar-refractivity contribution < 1.29 is 4.79 Å². The third-order valence-electron chi connectivity index (χ3n) is 7.31. The highest BCUT2D eigenvalue weighted by atomic mass is 16.2. The lowest BCUT2D eigenvalue weighted by molar-refractivity contribution is 0.0546. The number of aryl methyl sites for hydroxylation is 1. The lowest BCUT2D eigenvalue weighted by Crippen LogP contribution is -2.50. The number of nitrogens with zero attached hydrogens (tertiary/aromatic N) is 3. The van der Waals surface area contributed by atoms with Gasteiger partial charge in [-0.05, 0) is 88.7 Å². The molecule has 0 aliphatic carbocycles. The minimum absolute atomic E-state index is 0.0901. The Morgan fingerprint density at radius 3 is 2.61 bits per heavy atom. The molecule has 1 aliphatic heterocycles. The van der Waals surface area contributed by atoms with Crippen LogP contribution in [0.1, 0.15) is 62.2 Å². The van der Waals surface area contributed by atoms with Crippen LogP contribution in [0.5, 0.6) is 0 Å². The number of carbonyl (C=O) groups excluding carboxylic acids is 1. The number of hydrogen-bond acceptors (Lipinski definition) is 3. The number of aromatic amines is 1. The maximum absolute atomic E-state index is 13.2. The molecule has 1 aromatic carbocycles. The number of likely N-dealkylation sites (tertiary alicyclic amines) is 1. The molecule has 1 aliphatic rings. The van der Waals surface area contributed by atoms with Gasteiger partial charge in [-0.1, -0.05) is 31.2 Å². The normalized spacial score (nSPS) is 15.8. The van der Waals surface area contributed by atoms with E-state index in [1.54, 1.807) is 12.4 Å². The first kappa shape index (κ1) is 23.5. The van der Waals surface area contributed by atoms with Crippen molar-refractivity contribution in [1.29, 1.82) is 0 Å². The molecule has 3 aromatic rings. The molecule has 1 amide bonds. The second-order valence-electron chi connectivity index (χ2n) is 10.1. The Balaban J connectivity index is 1.34. The molecule has 2 aromatic heterocycles. The summed E-state index contributed by atoms with van der Waals surface area (Å²) < 4.78 is 0. The van der Waals surface area contributed by atoms with Gasteiger partial charge in [0.05, 0.1) is 0 Å². The highest BCUT2D eigenvalue weighted by Gasteiger charge is 2.32. The summed E-state index contributed by atoms with van der Waals surface area (Å²) in [6, 6.07) is 12.9. The number of carbonyl (C=O) groups is 1. The molecule has 176 valence electrons. The van der Waals surface area contributed by atoms with Crippen molar-refractivity contribution in [3.8, 4) is 0 Å². The Hall–Kier alpha value is -2.66. The summed E-state index contributed by atoms with van der Waals surface area (Å²) in [5, 5.41) is 0.983. The van der Waals surface area contributed by atoms with E-state index in [0.717, 1.165) is 62.8 Å². The maximum atomic E-state index is 13.2. The average Bonchev–Trinajstić information content (AvgIpc) is 3.26. The van der Waals surface area contributed by atoms with E-state index < -0.39 is 0 Å². The zero-order valence-electron chi connectivity index (χ0n) is 20.6. The molecule has 0 spiro atoms. The first-order valence-electron chi connectivity index (χ1n) is 12.4. The Labute approximate surface area is 198 Å². The topological polar surface area (TPSA) is 52.2 Å². The Morgan fingerprint density at radius 2 is 1.91 bits per heavy atom. The van der Waals surface area contributed by atoms with Crippen molar-refractivity contribution in [2.45, 2.75) is 58.9 Å². The van der Waals surface area contributed by atoms with E-state index in [0.29, 0.717) is 11.6 Å². The van der Waals surface area contributed by atoms with Crippen molar-refractivity contribution in [3.63, 3.8) is 0 Å². The SMILES string of the molecule is CCc1cccc(CC(C)(C)N2CCC(CN(CC)C(=O)c3cc4cnccc4[nH]3)CC2)c1.